The van der Waals surface area contributed by atoms with Crippen LogP contribution in [0.2, 0.25) is 0 Å². The molecule has 0 saturated carbocycles. The van der Waals surface area contributed by atoms with Crippen LogP contribution in [0, 0.1) is 6.92 Å². The molecular formula is C17H14BrN3O2. The van der Waals surface area contributed by atoms with Gasteiger partial charge in [-0.1, -0.05) is 34.1 Å². The molecule has 3 aromatic rings. The fourth-order valence-corrected chi connectivity index (χ4v) is 2.73. The minimum absolute atomic E-state index is 0.0934. The van der Waals surface area contributed by atoms with Crippen molar-refractivity contribution >= 4 is 39.0 Å². The summed E-state index contributed by atoms with van der Waals surface area (Å²) >= 11 is 3.27. The summed E-state index contributed by atoms with van der Waals surface area (Å²) in [7, 11) is 0. The number of rotatable bonds is 3. The third-order valence-corrected chi connectivity index (χ3v) is 4.00. The fraction of sp³-hybridized carbons (Fsp3) is 0.0588. The predicted octanol–water partition coefficient (Wildman–Crippen LogP) is 3.71. The number of fused-ring (bicyclic) bond motifs is 1. The number of aryl methyl sites for hydroxylation is 1. The average Bonchev–Trinajstić information content (AvgIpc) is 2.85. The van der Waals surface area contributed by atoms with Crippen molar-refractivity contribution in [3.8, 4) is 5.75 Å². The number of benzene rings is 2. The highest BCUT2D eigenvalue weighted by Crippen LogP contribution is 2.22. The molecule has 0 aliphatic rings. The zero-order valence-corrected chi connectivity index (χ0v) is 13.9. The third-order valence-electron chi connectivity index (χ3n) is 3.51. The van der Waals surface area contributed by atoms with Gasteiger partial charge in [-0.3, -0.25) is 4.79 Å². The van der Waals surface area contributed by atoms with Gasteiger partial charge in [-0.15, -0.1) is 0 Å². The van der Waals surface area contributed by atoms with Gasteiger partial charge in [0, 0.05) is 26.6 Å². The van der Waals surface area contributed by atoms with Crippen LogP contribution in [0.25, 0.3) is 10.9 Å². The van der Waals surface area contributed by atoms with Crippen LogP contribution in [0.5, 0.6) is 5.75 Å². The second-order valence-corrected chi connectivity index (χ2v) is 5.99. The second kappa shape index (κ2) is 6.26. The molecule has 23 heavy (non-hydrogen) atoms. The number of aromatic nitrogens is 1. The van der Waals surface area contributed by atoms with Crippen LogP contribution >= 0.6 is 15.9 Å². The van der Waals surface area contributed by atoms with Gasteiger partial charge in [-0.05, 0) is 31.2 Å². The van der Waals surface area contributed by atoms with E-state index in [4.69, 9.17) is 0 Å². The van der Waals surface area contributed by atoms with Gasteiger partial charge in [0.05, 0.1) is 11.8 Å². The minimum atomic E-state index is -0.474. The van der Waals surface area contributed by atoms with Crippen LogP contribution < -0.4 is 5.43 Å². The SMILES string of the molecule is Cc1[nH]c2ccccc2c1/C=N/NC(=O)c1cc(Br)ccc1O. The number of carbonyl (C=O) groups is 1. The van der Waals surface area contributed by atoms with Gasteiger partial charge in [-0.25, -0.2) is 5.43 Å². The van der Waals surface area contributed by atoms with Gasteiger partial charge in [0.25, 0.3) is 5.91 Å². The van der Waals surface area contributed by atoms with E-state index in [1.807, 2.05) is 31.2 Å². The molecule has 0 unspecified atom stereocenters. The number of nitrogens with one attached hydrogen (secondary N) is 2. The largest absolute Gasteiger partial charge is 0.507 e. The first-order valence-electron chi connectivity index (χ1n) is 6.95. The molecule has 0 fully saturated rings. The van der Waals surface area contributed by atoms with Crippen molar-refractivity contribution in [1.82, 2.24) is 10.4 Å². The molecule has 1 amide bonds. The lowest BCUT2D eigenvalue weighted by atomic mass is 10.1. The van der Waals surface area contributed by atoms with Crippen molar-refractivity contribution in [3.05, 3.63) is 63.8 Å². The normalized spacial score (nSPS) is 11.2. The van der Waals surface area contributed by atoms with E-state index in [-0.39, 0.29) is 11.3 Å². The molecule has 2 aromatic carbocycles. The minimum Gasteiger partial charge on any atom is -0.507 e. The zero-order chi connectivity index (χ0) is 16.4. The highest BCUT2D eigenvalue weighted by molar-refractivity contribution is 9.10. The molecule has 3 N–H and O–H groups in total. The molecule has 5 nitrogen and oxygen atoms in total. The molecular weight excluding hydrogens is 358 g/mol. The standard InChI is InChI=1S/C17H14BrN3O2/c1-10-14(12-4-2-3-5-15(12)20-10)9-19-21-17(23)13-8-11(18)6-7-16(13)22/h2-9,20,22H,1H3,(H,21,23)/b19-9+. The zero-order valence-electron chi connectivity index (χ0n) is 12.3. The molecule has 6 heteroatoms. The lowest BCUT2D eigenvalue weighted by Crippen LogP contribution is -2.17. The Balaban J connectivity index is 1.82. The predicted molar refractivity (Wildman–Crippen MR) is 93.9 cm³/mol. The molecule has 0 aliphatic heterocycles. The van der Waals surface area contributed by atoms with Crippen LogP contribution in [-0.2, 0) is 0 Å². The number of halogens is 1. The summed E-state index contributed by atoms with van der Waals surface area (Å²) in [5, 5.41) is 14.8. The van der Waals surface area contributed by atoms with E-state index in [2.05, 4.69) is 31.4 Å². The number of phenolic OH excluding ortho intramolecular Hbond substituents is 1. The van der Waals surface area contributed by atoms with E-state index < -0.39 is 5.91 Å². The monoisotopic (exact) mass is 371 g/mol. The lowest BCUT2D eigenvalue weighted by Gasteiger charge is -2.03. The van der Waals surface area contributed by atoms with Gasteiger partial charge in [0.1, 0.15) is 5.75 Å². The van der Waals surface area contributed by atoms with Crippen molar-refractivity contribution in [2.75, 3.05) is 0 Å². The molecule has 0 radical (unpaired) electrons. The maximum absolute atomic E-state index is 12.1. The number of H-pyrrole nitrogens is 1. The Hall–Kier alpha value is -2.60. The summed E-state index contributed by atoms with van der Waals surface area (Å²) in [5.74, 6) is -0.568. The Kier molecular flexibility index (Phi) is 4.16. The third kappa shape index (κ3) is 3.12. The quantitative estimate of drug-likeness (QED) is 0.484. The number of nitrogens with zero attached hydrogens (tertiary/aromatic N) is 1. The Morgan fingerprint density at radius 3 is 2.91 bits per heavy atom. The van der Waals surface area contributed by atoms with E-state index >= 15 is 0 Å². The Labute approximate surface area is 141 Å². The topological polar surface area (TPSA) is 77.5 Å². The van der Waals surface area contributed by atoms with Crippen molar-refractivity contribution in [2.45, 2.75) is 6.92 Å². The maximum atomic E-state index is 12.1. The van der Waals surface area contributed by atoms with E-state index in [0.29, 0.717) is 4.47 Å². The summed E-state index contributed by atoms with van der Waals surface area (Å²) in [5.41, 5.74) is 5.49. The fourth-order valence-electron chi connectivity index (χ4n) is 2.37. The molecule has 0 bridgehead atoms. The number of hydrogen-bond donors (Lipinski definition) is 3. The van der Waals surface area contributed by atoms with Crippen LogP contribution in [0.1, 0.15) is 21.6 Å². The summed E-state index contributed by atoms with van der Waals surface area (Å²) in [6.07, 6.45) is 1.60. The Bertz CT molecular complexity index is 915. The Morgan fingerprint density at radius 1 is 1.30 bits per heavy atom. The number of aromatic hydroxyl groups is 1. The first-order valence-corrected chi connectivity index (χ1v) is 7.75. The highest BCUT2D eigenvalue weighted by Gasteiger charge is 2.11. The summed E-state index contributed by atoms with van der Waals surface area (Å²) in [6.45, 7) is 1.95. The highest BCUT2D eigenvalue weighted by atomic mass is 79.9. The van der Waals surface area contributed by atoms with Gasteiger partial charge < -0.3 is 10.1 Å². The molecule has 1 aromatic heterocycles. The number of phenols is 1. The number of amides is 1. The lowest BCUT2D eigenvalue weighted by molar-refractivity contribution is 0.0952. The van der Waals surface area contributed by atoms with Crippen molar-refractivity contribution < 1.29 is 9.90 Å². The number of carbonyl (C=O) groups excluding carboxylic acids is 1. The molecule has 3 rings (SSSR count). The number of hydrogen-bond acceptors (Lipinski definition) is 3. The van der Waals surface area contributed by atoms with E-state index in [1.165, 1.54) is 12.1 Å². The smallest absolute Gasteiger partial charge is 0.275 e. The van der Waals surface area contributed by atoms with Crippen molar-refractivity contribution in [3.63, 3.8) is 0 Å². The summed E-state index contributed by atoms with van der Waals surface area (Å²) in [4.78, 5) is 15.3. The van der Waals surface area contributed by atoms with Gasteiger partial charge in [-0.2, -0.15) is 5.10 Å². The van der Waals surface area contributed by atoms with Crippen LogP contribution in [0.3, 0.4) is 0 Å². The second-order valence-electron chi connectivity index (χ2n) is 5.07. The van der Waals surface area contributed by atoms with Gasteiger partial charge >= 0.3 is 0 Å². The van der Waals surface area contributed by atoms with Gasteiger partial charge in [0.2, 0.25) is 0 Å². The molecule has 1 heterocycles. The average molecular weight is 372 g/mol. The molecule has 0 atom stereocenters. The summed E-state index contributed by atoms with van der Waals surface area (Å²) < 4.78 is 0.705. The molecule has 0 aliphatic carbocycles. The molecule has 0 spiro atoms. The van der Waals surface area contributed by atoms with Gasteiger partial charge in [0.15, 0.2) is 0 Å². The van der Waals surface area contributed by atoms with Crippen molar-refractivity contribution in [1.29, 1.82) is 0 Å². The van der Waals surface area contributed by atoms with E-state index in [1.54, 1.807) is 12.3 Å². The van der Waals surface area contributed by atoms with Crippen molar-refractivity contribution in [2.24, 2.45) is 5.10 Å². The van der Waals surface area contributed by atoms with Crippen LogP contribution in [0.15, 0.2) is 52.0 Å². The summed E-state index contributed by atoms with van der Waals surface area (Å²) in [6, 6.07) is 12.5. The molecule has 116 valence electrons. The Morgan fingerprint density at radius 2 is 2.09 bits per heavy atom. The number of para-hydroxylation sites is 1. The molecule has 0 saturated heterocycles. The van der Waals surface area contributed by atoms with Crippen LogP contribution in [0.4, 0.5) is 0 Å². The maximum Gasteiger partial charge on any atom is 0.275 e. The van der Waals surface area contributed by atoms with E-state index in [0.717, 1.165) is 22.2 Å². The first kappa shape index (κ1) is 15.3. The number of aromatic amines is 1. The van der Waals surface area contributed by atoms with Crippen LogP contribution in [-0.4, -0.2) is 22.2 Å². The number of hydrazone groups is 1. The van der Waals surface area contributed by atoms with E-state index in [9.17, 15) is 9.90 Å². The first-order chi connectivity index (χ1) is 11.1.